The summed E-state index contributed by atoms with van der Waals surface area (Å²) in [6.07, 6.45) is 2.14. The van der Waals surface area contributed by atoms with Crippen molar-refractivity contribution in [3.8, 4) is 11.1 Å². The minimum absolute atomic E-state index is 0.0397. The molecule has 5 nitrogen and oxygen atoms in total. The van der Waals surface area contributed by atoms with Gasteiger partial charge in [0.1, 0.15) is 0 Å². The van der Waals surface area contributed by atoms with Crippen molar-refractivity contribution in [2.75, 3.05) is 26.2 Å². The quantitative estimate of drug-likeness (QED) is 0.191. The summed E-state index contributed by atoms with van der Waals surface area (Å²) >= 11 is 6.35. The molecule has 1 aliphatic rings. The Hall–Kier alpha value is -3.36. The zero-order valence-corrected chi connectivity index (χ0v) is 25.9. The first-order chi connectivity index (χ1) is 21.2. The summed E-state index contributed by atoms with van der Waals surface area (Å²) in [7, 11) is 0. The molecule has 3 aromatic rings. The second-order valence-electron chi connectivity index (χ2n) is 11.4. The maximum atomic E-state index is 13.2. The van der Waals surface area contributed by atoms with Crippen LogP contribution in [0, 0.1) is 0 Å². The standard InChI is InChI=1S/C35H41ClF3N3O2/c1-2-25-9-7-13-32(36)30(25)12-8-14-33(43)40-21-5-6-22-42-23-19-28(20-24-42)41-34(44)31-11-4-3-10-29(31)26-15-17-27(18-16-26)35(37,38)39/h3-4,7,9-11,13,15-18,28H,2,5-6,8,12,14,19-24H2,1H3,(H,40,43)(H,41,44). The molecule has 236 valence electrons. The molecule has 1 saturated heterocycles. The summed E-state index contributed by atoms with van der Waals surface area (Å²) in [6.45, 7) is 5.47. The second kappa shape index (κ2) is 16.1. The third-order valence-corrected chi connectivity index (χ3v) is 8.62. The normalized spacial score (nSPS) is 14.4. The largest absolute Gasteiger partial charge is 0.416 e. The number of hydrogen-bond acceptors (Lipinski definition) is 3. The van der Waals surface area contributed by atoms with Crippen LogP contribution in [0.1, 0.15) is 72.5 Å². The average molecular weight is 628 g/mol. The number of alkyl halides is 3. The molecule has 9 heteroatoms. The zero-order chi connectivity index (χ0) is 31.5. The van der Waals surface area contributed by atoms with Gasteiger partial charge in [0.05, 0.1) is 5.56 Å². The lowest BCUT2D eigenvalue weighted by atomic mass is 9.97. The van der Waals surface area contributed by atoms with Gasteiger partial charge < -0.3 is 15.5 Å². The van der Waals surface area contributed by atoms with Gasteiger partial charge in [-0.2, -0.15) is 13.2 Å². The summed E-state index contributed by atoms with van der Waals surface area (Å²) in [5.74, 6) is -0.140. The smallest absolute Gasteiger partial charge is 0.356 e. The molecule has 4 rings (SSSR count). The Kier molecular flexibility index (Phi) is 12.3. The van der Waals surface area contributed by atoms with Crippen LogP contribution in [0.2, 0.25) is 5.02 Å². The summed E-state index contributed by atoms with van der Waals surface area (Å²) in [4.78, 5) is 27.8. The van der Waals surface area contributed by atoms with Gasteiger partial charge in [0, 0.05) is 42.7 Å². The second-order valence-corrected chi connectivity index (χ2v) is 11.8. The van der Waals surface area contributed by atoms with Crippen LogP contribution in [0.15, 0.2) is 66.7 Å². The fourth-order valence-electron chi connectivity index (χ4n) is 5.75. The van der Waals surface area contributed by atoms with Crippen molar-refractivity contribution in [1.82, 2.24) is 15.5 Å². The number of aryl methyl sites for hydroxylation is 1. The Labute approximate surface area is 263 Å². The maximum absolute atomic E-state index is 13.2. The van der Waals surface area contributed by atoms with E-state index in [-0.39, 0.29) is 17.9 Å². The van der Waals surface area contributed by atoms with Crippen LogP contribution in [0.3, 0.4) is 0 Å². The predicted molar refractivity (Wildman–Crippen MR) is 170 cm³/mol. The molecule has 1 heterocycles. The Balaban J connectivity index is 1.13. The van der Waals surface area contributed by atoms with Crippen LogP contribution in [0.5, 0.6) is 0 Å². The van der Waals surface area contributed by atoms with Crippen LogP contribution >= 0.6 is 11.6 Å². The number of benzene rings is 3. The van der Waals surface area contributed by atoms with E-state index in [2.05, 4.69) is 28.5 Å². The lowest BCUT2D eigenvalue weighted by molar-refractivity contribution is -0.137. The van der Waals surface area contributed by atoms with Gasteiger partial charge in [0.25, 0.3) is 5.91 Å². The number of halogens is 4. The fourth-order valence-corrected chi connectivity index (χ4v) is 6.04. The molecule has 2 amide bonds. The van der Waals surface area contributed by atoms with Crippen molar-refractivity contribution < 1.29 is 22.8 Å². The van der Waals surface area contributed by atoms with Crippen molar-refractivity contribution in [2.24, 2.45) is 0 Å². The topological polar surface area (TPSA) is 61.4 Å². The molecule has 0 bridgehead atoms. The SMILES string of the molecule is CCc1cccc(Cl)c1CCCC(=O)NCCCCN1CCC(NC(=O)c2ccccc2-c2ccc(C(F)(F)F)cc2)CC1. The number of carbonyl (C=O) groups is 2. The maximum Gasteiger partial charge on any atom is 0.416 e. The first-order valence-electron chi connectivity index (χ1n) is 15.5. The van der Waals surface area contributed by atoms with E-state index in [0.29, 0.717) is 29.7 Å². The van der Waals surface area contributed by atoms with Crippen LogP contribution in [-0.4, -0.2) is 48.9 Å². The van der Waals surface area contributed by atoms with E-state index in [1.165, 1.54) is 17.7 Å². The van der Waals surface area contributed by atoms with E-state index in [0.717, 1.165) is 87.3 Å². The van der Waals surface area contributed by atoms with E-state index in [4.69, 9.17) is 11.6 Å². The molecule has 0 radical (unpaired) electrons. The fraction of sp³-hybridized carbons (Fsp3) is 0.429. The number of rotatable bonds is 13. The number of nitrogens with zero attached hydrogens (tertiary/aromatic N) is 1. The molecule has 0 aliphatic carbocycles. The Bertz CT molecular complexity index is 1390. The number of piperidine rings is 1. The van der Waals surface area contributed by atoms with Crippen LogP contribution in [0.25, 0.3) is 11.1 Å². The lowest BCUT2D eigenvalue weighted by Gasteiger charge is -2.32. The molecule has 3 aromatic carbocycles. The summed E-state index contributed by atoms with van der Waals surface area (Å²) < 4.78 is 38.9. The number of amides is 2. The van der Waals surface area contributed by atoms with E-state index >= 15 is 0 Å². The number of nitrogens with one attached hydrogen (secondary N) is 2. The van der Waals surface area contributed by atoms with E-state index in [1.54, 1.807) is 24.3 Å². The molecule has 0 aromatic heterocycles. The molecule has 44 heavy (non-hydrogen) atoms. The van der Waals surface area contributed by atoms with Crippen molar-refractivity contribution in [3.63, 3.8) is 0 Å². The number of likely N-dealkylation sites (tertiary alicyclic amines) is 1. The van der Waals surface area contributed by atoms with Gasteiger partial charge in [-0.3, -0.25) is 9.59 Å². The van der Waals surface area contributed by atoms with Crippen LogP contribution in [-0.2, 0) is 23.8 Å². The molecule has 0 spiro atoms. The third kappa shape index (κ3) is 9.57. The average Bonchev–Trinajstić information content (AvgIpc) is 3.02. The molecule has 1 aliphatic heterocycles. The van der Waals surface area contributed by atoms with Gasteiger partial charge in [-0.25, -0.2) is 0 Å². The van der Waals surface area contributed by atoms with Crippen molar-refractivity contribution >= 4 is 23.4 Å². The van der Waals surface area contributed by atoms with E-state index in [1.807, 2.05) is 12.1 Å². The van der Waals surface area contributed by atoms with Crippen molar-refractivity contribution in [2.45, 2.75) is 70.5 Å². The first-order valence-corrected chi connectivity index (χ1v) is 15.9. The van der Waals surface area contributed by atoms with Gasteiger partial charge in [0.2, 0.25) is 5.91 Å². The monoisotopic (exact) mass is 627 g/mol. The highest BCUT2D eigenvalue weighted by atomic mass is 35.5. The van der Waals surface area contributed by atoms with Gasteiger partial charge in [-0.05, 0) is 98.0 Å². The highest BCUT2D eigenvalue weighted by Gasteiger charge is 2.30. The number of carbonyl (C=O) groups excluding carboxylic acids is 2. The highest BCUT2D eigenvalue weighted by Crippen LogP contribution is 2.32. The minimum atomic E-state index is -4.40. The number of hydrogen-bond donors (Lipinski definition) is 2. The summed E-state index contributed by atoms with van der Waals surface area (Å²) in [6, 6.07) is 17.9. The Morgan fingerprint density at radius 1 is 0.932 bits per heavy atom. The Morgan fingerprint density at radius 2 is 1.66 bits per heavy atom. The predicted octanol–water partition coefficient (Wildman–Crippen LogP) is 7.70. The number of unbranched alkanes of at least 4 members (excludes halogenated alkanes) is 1. The van der Waals surface area contributed by atoms with Crippen molar-refractivity contribution in [3.05, 3.63) is 94.0 Å². The molecular weight excluding hydrogens is 587 g/mol. The van der Waals surface area contributed by atoms with Gasteiger partial charge >= 0.3 is 6.18 Å². The Morgan fingerprint density at radius 3 is 2.36 bits per heavy atom. The summed E-state index contributed by atoms with van der Waals surface area (Å²) in [5.41, 5.74) is 3.30. The molecule has 2 N–H and O–H groups in total. The summed E-state index contributed by atoms with van der Waals surface area (Å²) in [5, 5.41) is 6.93. The zero-order valence-electron chi connectivity index (χ0n) is 25.2. The van der Waals surface area contributed by atoms with Crippen LogP contribution < -0.4 is 10.6 Å². The third-order valence-electron chi connectivity index (χ3n) is 8.27. The van der Waals surface area contributed by atoms with E-state index < -0.39 is 11.7 Å². The molecule has 0 atom stereocenters. The molecule has 1 fully saturated rings. The van der Waals surface area contributed by atoms with Crippen LogP contribution in [0.4, 0.5) is 13.2 Å². The molecular formula is C35H41ClF3N3O2. The minimum Gasteiger partial charge on any atom is -0.356 e. The lowest BCUT2D eigenvalue weighted by Crippen LogP contribution is -2.45. The molecule has 0 unspecified atom stereocenters. The van der Waals surface area contributed by atoms with Gasteiger partial charge in [0.15, 0.2) is 0 Å². The first kappa shape index (κ1) is 33.5. The van der Waals surface area contributed by atoms with Gasteiger partial charge in [-0.1, -0.05) is 61.0 Å². The van der Waals surface area contributed by atoms with Crippen molar-refractivity contribution in [1.29, 1.82) is 0 Å². The van der Waals surface area contributed by atoms with E-state index in [9.17, 15) is 22.8 Å². The highest BCUT2D eigenvalue weighted by molar-refractivity contribution is 6.31. The molecule has 0 saturated carbocycles. The van der Waals surface area contributed by atoms with Gasteiger partial charge in [-0.15, -0.1) is 0 Å².